The Balaban J connectivity index is 3.32. The molecule has 0 aliphatic rings. The lowest BCUT2D eigenvalue weighted by Crippen LogP contribution is -2.28. The van der Waals surface area contributed by atoms with E-state index in [1.165, 1.54) is 283 Å². The van der Waals surface area contributed by atoms with Gasteiger partial charge in [-0.3, -0.25) is 0 Å². The maximum absolute atomic E-state index is 5.47. The van der Waals surface area contributed by atoms with Crippen LogP contribution in [0.25, 0.3) is 0 Å². The third-order valence-corrected chi connectivity index (χ3v) is 12.4. The molecule has 0 amide bonds. The van der Waals surface area contributed by atoms with Crippen molar-refractivity contribution in [1.29, 1.82) is 0 Å². The lowest BCUT2D eigenvalue weighted by molar-refractivity contribution is 0.394. The molecule has 312 valence electrons. The Hall–Kier alpha value is 0.240. The van der Waals surface area contributed by atoms with Gasteiger partial charge in [-0.1, -0.05) is 296 Å². The highest BCUT2D eigenvalue weighted by atomic mass is 32.1. The maximum Gasteiger partial charge on any atom is 0.133 e. The molecule has 0 saturated carbocycles. The van der Waals surface area contributed by atoms with Crippen molar-refractivity contribution in [2.75, 3.05) is 13.1 Å². The van der Waals surface area contributed by atoms with Gasteiger partial charge in [0, 0.05) is 13.1 Å². The first-order valence-corrected chi connectivity index (χ1v) is 25.6. The average molecular weight is 766 g/mol. The van der Waals surface area contributed by atoms with Gasteiger partial charge < -0.3 is 4.90 Å². The van der Waals surface area contributed by atoms with Gasteiger partial charge in [0.15, 0.2) is 0 Å². The van der Waals surface area contributed by atoms with Crippen LogP contribution in [0.5, 0.6) is 0 Å². The number of rotatable bonds is 46. The number of hydrogen-bond donors (Lipinski definition) is 1. The molecule has 0 atom stereocenters. The molecule has 0 aliphatic heterocycles. The Labute approximate surface area is 342 Å². The van der Waals surface area contributed by atoms with Crippen molar-refractivity contribution in [3.8, 4) is 0 Å². The van der Waals surface area contributed by atoms with Crippen molar-refractivity contribution in [2.45, 2.75) is 296 Å². The molecule has 0 unspecified atom stereocenters. The van der Waals surface area contributed by atoms with Crippen LogP contribution >= 0.6 is 24.8 Å². The van der Waals surface area contributed by atoms with Crippen LogP contribution < -0.4 is 0 Å². The molecular weight excluding hydrogens is 667 g/mol. The summed E-state index contributed by atoms with van der Waals surface area (Å²) in [4.78, 5) is 2.37. The highest BCUT2D eigenvalue weighted by Gasteiger charge is 2.06. The highest BCUT2D eigenvalue weighted by molar-refractivity contribution is 8.10. The fourth-order valence-electron chi connectivity index (χ4n) is 8.13. The fourth-order valence-corrected chi connectivity index (χ4v) is 8.51. The molecule has 0 radical (unpaired) electrons. The Kier molecular flexibility index (Phi) is 47.6. The van der Waals surface area contributed by atoms with E-state index < -0.39 is 0 Å². The second-order valence-electron chi connectivity index (χ2n) is 17.1. The molecule has 1 nitrogen and oxygen atoms in total. The van der Waals surface area contributed by atoms with E-state index in [0.29, 0.717) is 0 Å². The molecule has 0 N–H and O–H groups in total. The van der Waals surface area contributed by atoms with E-state index in [1.54, 1.807) is 0 Å². The first-order valence-electron chi connectivity index (χ1n) is 24.7. The Morgan fingerprint density at radius 2 is 0.404 bits per heavy atom. The second-order valence-corrected chi connectivity index (χ2v) is 18.2. The summed E-state index contributed by atoms with van der Waals surface area (Å²) in [5, 5.41) is 0. The van der Waals surface area contributed by atoms with Gasteiger partial charge in [0.1, 0.15) is 4.32 Å². The first kappa shape index (κ1) is 52.2. The molecule has 52 heavy (non-hydrogen) atoms. The van der Waals surface area contributed by atoms with Crippen molar-refractivity contribution in [1.82, 2.24) is 4.90 Å². The number of nitrogens with zero attached hydrogens (tertiary/aromatic N) is 1. The molecule has 3 heteroatoms. The quantitative estimate of drug-likeness (QED) is 0.0373. The lowest BCUT2D eigenvalue weighted by Gasteiger charge is -2.22. The van der Waals surface area contributed by atoms with Crippen molar-refractivity contribution in [2.24, 2.45) is 0 Å². The number of hydrogen-bond acceptors (Lipinski definition) is 1. The third-order valence-electron chi connectivity index (χ3n) is 11.8. The van der Waals surface area contributed by atoms with Gasteiger partial charge in [0.2, 0.25) is 0 Å². The van der Waals surface area contributed by atoms with E-state index in [4.69, 9.17) is 12.2 Å². The van der Waals surface area contributed by atoms with E-state index in [0.717, 1.165) is 17.4 Å². The largest absolute Gasteiger partial charge is 0.358 e. The maximum atomic E-state index is 5.47. The molecule has 0 aromatic carbocycles. The van der Waals surface area contributed by atoms with E-state index in [1.807, 2.05) is 0 Å². The molecular formula is C49H99NS2. The van der Waals surface area contributed by atoms with Crippen LogP contribution in [0.1, 0.15) is 296 Å². The Bertz CT molecular complexity index is 603. The van der Waals surface area contributed by atoms with Gasteiger partial charge in [-0.05, 0) is 12.8 Å². The summed E-state index contributed by atoms with van der Waals surface area (Å²) >= 11 is 10.0. The zero-order valence-corrected chi connectivity index (χ0v) is 38.0. The summed E-state index contributed by atoms with van der Waals surface area (Å²) in [6, 6.07) is 0. The first-order chi connectivity index (χ1) is 25.7. The zero-order chi connectivity index (χ0) is 37.7. The molecule has 0 aromatic heterocycles. The van der Waals surface area contributed by atoms with Crippen molar-refractivity contribution < 1.29 is 0 Å². The molecule has 0 heterocycles. The molecule has 0 aliphatic carbocycles. The van der Waals surface area contributed by atoms with Gasteiger partial charge in [0.25, 0.3) is 0 Å². The SMILES string of the molecule is CCCCCCCCCCCCCCCCCCCCCCCCN(CCCCCCCCCCCCCCCCCCCCCCCC)C(=S)S. The Morgan fingerprint density at radius 1 is 0.269 bits per heavy atom. The molecule has 0 spiro atoms. The lowest BCUT2D eigenvalue weighted by atomic mass is 10.0. The van der Waals surface area contributed by atoms with E-state index in [-0.39, 0.29) is 0 Å². The molecule has 0 saturated heterocycles. The summed E-state index contributed by atoms with van der Waals surface area (Å²) in [5.41, 5.74) is 0. The van der Waals surface area contributed by atoms with Crippen LogP contribution in [0, 0.1) is 0 Å². The standard InChI is InChI=1S/C49H99NS2/c1-3-5-7-9-11-13-15-17-19-21-23-25-27-29-31-33-35-37-39-41-43-45-47-50(49(51)52)48-46-44-42-40-38-36-34-32-30-28-26-24-22-20-18-16-14-12-10-8-6-4-2/h3-48H2,1-2H3,(H,51,52). The minimum absolute atomic E-state index is 0.812. The minimum atomic E-state index is 0.812. The van der Waals surface area contributed by atoms with Gasteiger partial charge in [-0.2, -0.15) is 0 Å². The van der Waals surface area contributed by atoms with Crippen LogP contribution in [-0.2, 0) is 0 Å². The summed E-state index contributed by atoms with van der Waals surface area (Å²) in [5.74, 6) is 0. The predicted octanol–water partition coefficient (Wildman–Crippen LogP) is 18.7. The predicted molar refractivity (Wildman–Crippen MR) is 248 cm³/mol. The van der Waals surface area contributed by atoms with Crippen molar-refractivity contribution in [3.05, 3.63) is 0 Å². The molecule has 0 bridgehead atoms. The van der Waals surface area contributed by atoms with Crippen LogP contribution in [0.2, 0.25) is 0 Å². The number of thiol groups is 1. The fraction of sp³-hybridized carbons (Fsp3) is 0.980. The average Bonchev–Trinajstić information content (AvgIpc) is 3.14. The monoisotopic (exact) mass is 766 g/mol. The van der Waals surface area contributed by atoms with E-state index in [9.17, 15) is 0 Å². The summed E-state index contributed by atoms with van der Waals surface area (Å²) in [6.07, 6.45) is 63.5. The van der Waals surface area contributed by atoms with Crippen LogP contribution in [-0.4, -0.2) is 22.3 Å². The number of unbranched alkanes of at least 4 members (excludes halogenated alkanes) is 42. The topological polar surface area (TPSA) is 3.24 Å². The van der Waals surface area contributed by atoms with Crippen molar-refractivity contribution in [3.63, 3.8) is 0 Å². The van der Waals surface area contributed by atoms with Crippen LogP contribution in [0.3, 0.4) is 0 Å². The van der Waals surface area contributed by atoms with Gasteiger partial charge in [-0.25, -0.2) is 0 Å². The molecule has 0 rings (SSSR count). The van der Waals surface area contributed by atoms with E-state index in [2.05, 4.69) is 31.4 Å². The van der Waals surface area contributed by atoms with E-state index >= 15 is 0 Å². The smallest absolute Gasteiger partial charge is 0.133 e. The third kappa shape index (κ3) is 44.6. The normalized spacial score (nSPS) is 11.5. The van der Waals surface area contributed by atoms with Gasteiger partial charge in [0.05, 0.1) is 0 Å². The summed E-state index contributed by atoms with van der Waals surface area (Å²) < 4.78 is 0.812. The molecule has 0 aromatic rings. The van der Waals surface area contributed by atoms with Crippen LogP contribution in [0.4, 0.5) is 0 Å². The van der Waals surface area contributed by atoms with Crippen LogP contribution in [0.15, 0.2) is 0 Å². The molecule has 0 fully saturated rings. The zero-order valence-electron chi connectivity index (χ0n) is 36.3. The minimum Gasteiger partial charge on any atom is -0.358 e. The summed E-state index contributed by atoms with van der Waals surface area (Å²) in [7, 11) is 0. The number of thiocarbonyl (C=S) groups is 1. The van der Waals surface area contributed by atoms with Crippen molar-refractivity contribution >= 4 is 29.2 Å². The van der Waals surface area contributed by atoms with Gasteiger partial charge in [-0.15, -0.1) is 12.6 Å². The van der Waals surface area contributed by atoms with Gasteiger partial charge >= 0.3 is 0 Å². The summed E-state index contributed by atoms with van der Waals surface area (Å²) in [6.45, 7) is 6.84. The Morgan fingerprint density at radius 3 is 0.538 bits per heavy atom. The second kappa shape index (κ2) is 47.4. The highest BCUT2D eigenvalue weighted by Crippen LogP contribution is 2.18.